The number of halogens is 2. The fourth-order valence-electron chi connectivity index (χ4n) is 1.46. The molecule has 18 heavy (non-hydrogen) atoms. The van der Waals surface area contributed by atoms with Crippen LogP contribution in [0.15, 0.2) is 60.7 Å². The molecule has 0 fully saturated rings. The fraction of sp³-hybridized carbons (Fsp3) is 0.143. The number of ether oxygens (including phenoxy) is 1. The number of nitrogens with one attached hydrogen (secondary N) is 1. The van der Waals surface area contributed by atoms with Crippen LogP contribution in [0.25, 0.3) is 0 Å². The number of rotatable bonds is 5. The first-order valence-corrected chi connectivity index (χ1v) is 6.32. The summed E-state index contributed by atoms with van der Waals surface area (Å²) in [6, 6.07) is 18.9. The van der Waals surface area contributed by atoms with E-state index in [9.17, 15) is 0 Å². The summed E-state index contributed by atoms with van der Waals surface area (Å²) < 4.78 is 4.18. The Morgan fingerprint density at radius 1 is 0.889 bits per heavy atom. The molecule has 2 rings (SSSR count). The molecule has 0 spiro atoms. The van der Waals surface area contributed by atoms with E-state index in [0.29, 0.717) is 5.75 Å². The molecule has 2 nitrogen and oxygen atoms in total. The maximum Gasteiger partial charge on any atom is 0.275 e. The molecule has 1 N–H and O–H groups in total. The van der Waals surface area contributed by atoms with Crippen molar-refractivity contribution < 1.29 is 4.74 Å². The summed E-state index contributed by atoms with van der Waals surface area (Å²) in [5.41, 5.74) is 0.944. The largest absolute Gasteiger partial charge is 0.456 e. The van der Waals surface area contributed by atoms with Crippen molar-refractivity contribution in [3.63, 3.8) is 0 Å². The Hall–Kier alpha value is -1.38. The molecule has 0 bridgehead atoms. The Kier molecular flexibility index (Phi) is 4.34. The van der Waals surface area contributed by atoms with Crippen molar-refractivity contribution >= 4 is 28.9 Å². The molecule has 0 aliphatic heterocycles. The minimum atomic E-state index is -1.31. The molecule has 4 heteroatoms. The molecule has 0 amide bonds. The van der Waals surface area contributed by atoms with E-state index in [1.54, 1.807) is 0 Å². The second kappa shape index (κ2) is 5.98. The molecule has 0 atom stereocenters. The third-order valence-electron chi connectivity index (χ3n) is 2.28. The van der Waals surface area contributed by atoms with Crippen molar-refractivity contribution in [1.82, 2.24) is 0 Å². The Balaban J connectivity index is 1.91. The average molecular weight is 282 g/mol. The van der Waals surface area contributed by atoms with E-state index in [-0.39, 0.29) is 6.54 Å². The van der Waals surface area contributed by atoms with Gasteiger partial charge in [-0.15, -0.1) is 0 Å². The molecule has 0 aliphatic rings. The second-order valence-corrected chi connectivity index (χ2v) is 5.19. The lowest BCUT2D eigenvalue weighted by Crippen LogP contribution is -2.31. The van der Waals surface area contributed by atoms with Gasteiger partial charge >= 0.3 is 0 Å². The zero-order chi connectivity index (χ0) is 12.8. The van der Waals surface area contributed by atoms with Gasteiger partial charge in [0.1, 0.15) is 5.75 Å². The van der Waals surface area contributed by atoms with Gasteiger partial charge in [0, 0.05) is 5.69 Å². The predicted molar refractivity (Wildman–Crippen MR) is 76.4 cm³/mol. The number of alkyl halides is 2. The van der Waals surface area contributed by atoms with Gasteiger partial charge in [-0.25, -0.2) is 0 Å². The fourth-order valence-corrected chi connectivity index (χ4v) is 1.77. The van der Waals surface area contributed by atoms with Crippen molar-refractivity contribution in [3.05, 3.63) is 60.7 Å². The van der Waals surface area contributed by atoms with Crippen LogP contribution < -0.4 is 10.1 Å². The highest BCUT2D eigenvalue weighted by atomic mass is 35.5. The molecule has 0 unspecified atom stereocenters. The van der Waals surface area contributed by atoms with Crippen LogP contribution in [0, 0.1) is 0 Å². The molecule has 0 aliphatic carbocycles. The minimum absolute atomic E-state index is 0.287. The predicted octanol–water partition coefficient (Wildman–Crippen LogP) is 4.31. The Morgan fingerprint density at radius 2 is 1.44 bits per heavy atom. The Bertz CT molecular complexity index is 474. The van der Waals surface area contributed by atoms with Crippen LogP contribution in [0.1, 0.15) is 0 Å². The van der Waals surface area contributed by atoms with E-state index in [0.717, 1.165) is 5.69 Å². The second-order valence-electron chi connectivity index (χ2n) is 3.77. The molecule has 0 heterocycles. The Morgan fingerprint density at radius 3 is 2.06 bits per heavy atom. The van der Waals surface area contributed by atoms with Crippen LogP contribution in [-0.4, -0.2) is 11.1 Å². The quantitative estimate of drug-likeness (QED) is 0.825. The van der Waals surface area contributed by atoms with Crippen LogP contribution in [0.3, 0.4) is 0 Å². The SMILES string of the molecule is ClC(Cl)(CNc1ccccc1)Oc1ccccc1. The summed E-state index contributed by atoms with van der Waals surface area (Å²) in [7, 11) is 0. The lowest BCUT2D eigenvalue weighted by atomic mass is 10.3. The maximum absolute atomic E-state index is 6.10. The van der Waals surface area contributed by atoms with E-state index >= 15 is 0 Å². The summed E-state index contributed by atoms with van der Waals surface area (Å²) in [5.74, 6) is 0.636. The number of anilines is 1. The topological polar surface area (TPSA) is 21.3 Å². The molecular weight excluding hydrogens is 269 g/mol. The monoisotopic (exact) mass is 281 g/mol. The highest BCUT2D eigenvalue weighted by molar-refractivity contribution is 6.47. The van der Waals surface area contributed by atoms with Crippen LogP contribution >= 0.6 is 23.2 Å². The number of hydrogen-bond acceptors (Lipinski definition) is 2. The smallest absolute Gasteiger partial charge is 0.275 e. The van der Waals surface area contributed by atoms with Crippen molar-refractivity contribution in [3.8, 4) is 5.75 Å². The van der Waals surface area contributed by atoms with Gasteiger partial charge in [0.05, 0.1) is 6.54 Å². The van der Waals surface area contributed by atoms with Crippen molar-refractivity contribution in [1.29, 1.82) is 0 Å². The lowest BCUT2D eigenvalue weighted by molar-refractivity contribution is 0.254. The summed E-state index contributed by atoms with van der Waals surface area (Å²) in [4.78, 5) is 0. The lowest BCUT2D eigenvalue weighted by Gasteiger charge is -2.22. The average Bonchev–Trinajstić information content (AvgIpc) is 2.38. The van der Waals surface area contributed by atoms with E-state index in [4.69, 9.17) is 27.9 Å². The molecule has 0 saturated carbocycles. The number of hydrogen-bond donors (Lipinski definition) is 1. The molecule has 2 aromatic carbocycles. The van der Waals surface area contributed by atoms with E-state index in [2.05, 4.69) is 5.32 Å². The van der Waals surface area contributed by atoms with Crippen molar-refractivity contribution in [2.24, 2.45) is 0 Å². The molecule has 0 saturated heterocycles. The standard InChI is InChI=1S/C14H13Cl2NO/c15-14(16,18-13-9-5-2-6-10-13)11-17-12-7-3-1-4-8-12/h1-10,17H,11H2. The van der Waals surface area contributed by atoms with Gasteiger partial charge in [0.2, 0.25) is 0 Å². The first kappa shape index (κ1) is 13.1. The Labute approximate surface area is 116 Å². The molecule has 0 aromatic heterocycles. The molecular formula is C14H13Cl2NO. The first-order valence-electron chi connectivity index (χ1n) is 5.56. The van der Waals surface area contributed by atoms with E-state index in [1.165, 1.54) is 0 Å². The van der Waals surface area contributed by atoms with Crippen LogP contribution in [0.4, 0.5) is 5.69 Å². The van der Waals surface area contributed by atoms with Crippen molar-refractivity contribution in [2.75, 3.05) is 11.9 Å². The van der Waals surface area contributed by atoms with Gasteiger partial charge in [-0.3, -0.25) is 0 Å². The molecule has 0 radical (unpaired) electrons. The third-order valence-corrected chi connectivity index (χ3v) is 2.70. The third kappa shape index (κ3) is 4.13. The first-order chi connectivity index (χ1) is 8.66. The van der Waals surface area contributed by atoms with Gasteiger partial charge in [-0.2, -0.15) is 0 Å². The van der Waals surface area contributed by atoms with Gasteiger partial charge in [0.25, 0.3) is 4.52 Å². The summed E-state index contributed by atoms with van der Waals surface area (Å²) in [6.45, 7) is 0.287. The number of benzene rings is 2. The van der Waals surface area contributed by atoms with Gasteiger partial charge < -0.3 is 10.1 Å². The zero-order valence-corrected chi connectivity index (χ0v) is 11.2. The summed E-state index contributed by atoms with van der Waals surface area (Å²) in [5, 5.41) is 3.12. The van der Waals surface area contributed by atoms with Crippen LogP contribution in [-0.2, 0) is 0 Å². The summed E-state index contributed by atoms with van der Waals surface area (Å²) in [6.07, 6.45) is 0. The maximum atomic E-state index is 6.10. The highest BCUT2D eigenvalue weighted by Gasteiger charge is 2.25. The number of para-hydroxylation sites is 2. The molecule has 94 valence electrons. The summed E-state index contributed by atoms with van der Waals surface area (Å²) >= 11 is 12.2. The molecule has 2 aromatic rings. The van der Waals surface area contributed by atoms with E-state index in [1.807, 2.05) is 60.7 Å². The van der Waals surface area contributed by atoms with Gasteiger partial charge in [0.15, 0.2) is 0 Å². The normalized spacial score (nSPS) is 11.0. The van der Waals surface area contributed by atoms with E-state index < -0.39 is 4.52 Å². The van der Waals surface area contributed by atoms with Crippen molar-refractivity contribution in [2.45, 2.75) is 4.52 Å². The van der Waals surface area contributed by atoms with Gasteiger partial charge in [-0.1, -0.05) is 59.6 Å². The van der Waals surface area contributed by atoms with Crippen LogP contribution in [0.2, 0.25) is 0 Å². The van der Waals surface area contributed by atoms with Gasteiger partial charge in [-0.05, 0) is 24.3 Å². The minimum Gasteiger partial charge on any atom is -0.456 e. The highest BCUT2D eigenvalue weighted by Crippen LogP contribution is 2.26. The van der Waals surface area contributed by atoms with Crippen LogP contribution in [0.5, 0.6) is 5.75 Å². The zero-order valence-electron chi connectivity index (χ0n) is 9.64.